The Bertz CT molecular complexity index is 3200. The van der Waals surface area contributed by atoms with Gasteiger partial charge in [0, 0.05) is 51.4 Å². The summed E-state index contributed by atoms with van der Waals surface area (Å²) in [5, 5.41) is 7.60. The van der Waals surface area contributed by atoms with Crippen LogP contribution in [0.15, 0.2) is 200 Å². The molecule has 0 radical (unpaired) electrons. The molecule has 11 rings (SSSR count). The van der Waals surface area contributed by atoms with Crippen molar-refractivity contribution in [3.05, 3.63) is 200 Å². The molecule has 258 valence electrons. The van der Waals surface area contributed by atoms with E-state index in [0.717, 1.165) is 11.4 Å². The van der Waals surface area contributed by atoms with Crippen LogP contribution in [0.2, 0.25) is 0 Å². The smallest absolute Gasteiger partial charge is 0.0555 e. The lowest BCUT2D eigenvalue weighted by Crippen LogP contribution is -2.11. The standard InChI is InChI=1S/C52H33NS2/c1-4-14-34(15-5-1)37-24-26-43-44-27-25-38(33-50(44)54-49(43)32-37)53(46-30-28-39(35-16-6-2-7-17-35)41-20-10-11-21-42(41)46)47-31-29-40(36-18-8-3-9-19-36)52-51(47)45-22-12-13-23-48(45)55-52/h1-33H. The summed E-state index contributed by atoms with van der Waals surface area (Å²) in [6, 6.07) is 73.4. The molecule has 0 aliphatic heterocycles. The minimum Gasteiger partial charge on any atom is -0.309 e. The number of benzene rings is 9. The quantitative estimate of drug-likeness (QED) is 0.164. The number of anilines is 3. The molecule has 2 aromatic heterocycles. The summed E-state index contributed by atoms with van der Waals surface area (Å²) in [5.41, 5.74) is 10.9. The van der Waals surface area contributed by atoms with Crippen molar-refractivity contribution in [3.8, 4) is 33.4 Å². The maximum absolute atomic E-state index is 2.52. The van der Waals surface area contributed by atoms with Gasteiger partial charge < -0.3 is 4.90 Å². The van der Waals surface area contributed by atoms with Crippen LogP contribution in [-0.4, -0.2) is 0 Å². The molecule has 0 aliphatic carbocycles. The second-order valence-electron chi connectivity index (χ2n) is 14.0. The van der Waals surface area contributed by atoms with Gasteiger partial charge in [-0.2, -0.15) is 0 Å². The lowest BCUT2D eigenvalue weighted by molar-refractivity contribution is 1.32. The topological polar surface area (TPSA) is 3.24 Å². The molecule has 1 nitrogen and oxygen atoms in total. The monoisotopic (exact) mass is 735 g/mol. The number of hydrogen-bond donors (Lipinski definition) is 0. The number of rotatable bonds is 6. The van der Waals surface area contributed by atoms with E-state index in [2.05, 4.69) is 205 Å². The van der Waals surface area contributed by atoms with E-state index < -0.39 is 0 Å². The summed E-state index contributed by atoms with van der Waals surface area (Å²) in [7, 11) is 0. The van der Waals surface area contributed by atoms with Gasteiger partial charge in [0.25, 0.3) is 0 Å². The number of hydrogen-bond acceptors (Lipinski definition) is 3. The summed E-state index contributed by atoms with van der Waals surface area (Å²) in [5.74, 6) is 0. The van der Waals surface area contributed by atoms with E-state index in [1.54, 1.807) is 0 Å². The molecule has 0 spiro atoms. The molecule has 2 heterocycles. The Labute approximate surface area is 327 Å². The highest BCUT2D eigenvalue weighted by atomic mass is 32.1. The van der Waals surface area contributed by atoms with E-state index in [0.29, 0.717) is 0 Å². The van der Waals surface area contributed by atoms with Gasteiger partial charge in [0.05, 0.1) is 11.4 Å². The third-order valence-corrected chi connectivity index (χ3v) is 13.2. The molecule has 0 saturated heterocycles. The van der Waals surface area contributed by atoms with E-state index in [1.165, 1.54) is 90.2 Å². The van der Waals surface area contributed by atoms with E-state index in [1.807, 2.05) is 22.7 Å². The number of thiophene rings is 2. The minimum atomic E-state index is 1.14. The van der Waals surface area contributed by atoms with Crippen LogP contribution in [0, 0.1) is 0 Å². The first-order chi connectivity index (χ1) is 27.3. The largest absolute Gasteiger partial charge is 0.309 e. The fourth-order valence-electron chi connectivity index (χ4n) is 8.31. The predicted octanol–water partition coefficient (Wildman–Crippen LogP) is 16.0. The molecule has 0 amide bonds. The van der Waals surface area contributed by atoms with Gasteiger partial charge in [0.2, 0.25) is 0 Å². The zero-order valence-electron chi connectivity index (χ0n) is 29.8. The average molecular weight is 736 g/mol. The molecule has 55 heavy (non-hydrogen) atoms. The highest BCUT2D eigenvalue weighted by molar-refractivity contribution is 7.26. The Balaban J connectivity index is 1.19. The molecule has 11 aromatic rings. The second kappa shape index (κ2) is 13.1. The molecule has 3 heteroatoms. The zero-order valence-corrected chi connectivity index (χ0v) is 31.4. The average Bonchev–Trinajstić information content (AvgIpc) is 3.83. The molecule has 0 N–H and O–H groups in total. The first-order valence-electron chi connectivity index (χ1n) is 18.7. The molecule has 9 aromatic carbocycles. The molecule has 0 fully saturated rings. The molecular formula is C52H33NS2. The Morgan fingerprint density at radius 1 is 0.309 bits per heavy atom. The molecule has 0 aliphatic rings. The first kappa shape index (κ1) is 32.0. The molecular weight excluding hydrogens is 703 g/mol. The first-order valence-corrected chi connectivity index (χ1v) is 20.3. The van der Waals surface area contributed by atoms with Crippen molar-refractivity contribution in [3.63, 3.8) is 0 Å². The van der Waals surface area contributed by atoms with Crippen molar-refractivity contribution < 1.29 is 0 Å². The maximum Gasteiger partial charge on any atom is 0.0555 e. The van der Waals surface area contributed by atoms with Crippen LogP contribution in [-0.2, 0) is 0 Å². The molecule has 0 unspecified atom stereocenters. The van der Waals surface area contributed by atoms with Gasteiger partial charge >= 0.3 is 0 Å². The SMILES string of the molecule is c1ccc(-c2ccc3c(c2)sc2cc(N(c4ccc(-c5ccccc5)c5ccccc45)c4ccc(-c5ccccc5)c5sc6ccccc6c45)ccc23)cc1. The third-order valence-electron chi connectivity index (χ3n) is 10.9. The van der Waals surface area contributed by atoms with Crippen LogP contribution in [0.1, 0.15) is 0 Å². The van der Waals surface area contributed by atoms with E-state index in [-0.39, 0.29) is 0 Å². The summed E-state index contributed by atoms with van der Waals surface area (Å²) < 4.78 is 5.17. The maximum atomic E-state index is 2.52. The van der Waals surface area contributed by atoms with Crippen LogP contribution in [0.3, 0.4) is 0 Å². The normalized spacial score (nSPS) is 11.6. The van der Waals surface area contributed by atoms with Gasteiger partial charge in [-0.25, -0.2) is 0 Å². The summed E-state index contributed by atoms with van der Waals surface area (Å²) in [4.78, 5) is 2.52. The number of fused-ring (bicyclic) bond motifs is 7. The van der Waals surface area contributed by atoms with Crippen molar-refractivity contribution in [2.45, 2.75) is 0 Å². The van der Waals surface area contributed by atoms with Crippen LogP contribution in [0.5, 0.6) is 0 Å². The highest BCUT2D eigenvalue weighted by Gasteiger charge is 2.23. The molecule has 0 saturated carbocycles. The van der Waals surface area contributed by atoms with Gasteiger partial charge in [0.15, 0.2) is 0 Å². The Morgan fingerprint density at radius 3 is 1.62 bits per heavy atom. The van der Waals surface area contributed by atoms with Crippen molar-refractivity contribution in [2.75, 3.05) is 4.90 Å². The summed E-state index contributed by atoms with van der Waals surface area (Å²) in [6.45, 7) is 0. The minimum absolute atomic E-state index is 1.14. The van der Waals surface area contributed by atoms with Crippen LogP contribution >= 0.6 is 22.7 Å². The Morgan fingerprint density at radius 2 is 0.873 bits per heavy atom. The van der Waals surface area contributed by atoms with Crippen LogP contribution in [0.25, 0.3) is 84.5 Å². The van der Waals surface area contributed by atoms with Gasteiger partial charge in [-0.3, -0.25) is 0 Å². The Kier molecular flexibility index (Phi) is 7.61. The fraction of sp³-hybridized carbons (Fsp3) is 0. The lowest BCUT2D eigenvalue weighted by Gasteiger charge is -2.29. The fourth-order valence-corrected chi connectivity index (χ4v) is 10.8. The third kappa shape index (κ3) is 5.35. The summed E-state index contributed by atoms with van der Waals surface area (Å²) in [6.07, 6.45) is 0. The lowest BCUT2D eigenvalue weighted by atomic mass is 9.95. The highest BCUT2D eigenvalue weighted by Crippen LogP contribution is 2.51. The van der Waals surface area contributed by atoms with E-state index in [4.69, 9.17) is 0 Å². The van der Waals surface area contributed by atoms with Crippen LogP contribution in [0.4, 0.5) is 17.1 Å². The van der Waals surface area contributed by atoms with Gasteiger partial charge in [0.1, 0.15) is 0 Å². The van der Waals surface area contributed by atoms with Crippen molar-refractivity contribution >= 4 is 90.9 Å². The Hall–Kier alpha value is -6.52. The predicted molar refractivity (Wildman–Crippen MR) is 241 cm³/mol. The molecule has 0 atom stereocenters. The van der Waals surface area contributed by atoms with E-state index in [9.17, 15) is 0 Å². The van der Waals surface area contributed by atoms with Crippen molar-refractivity contribution in [1.29, 1.82) is 0 Å². The second-order valence-corrected chi connectivity index (χ2v) is 16.2. The van der Waals surface area contributed by atoms with Gasteiger partial charge in [-0.05, 0) is 75.2 Å². The van der Waals surface area contributed by atoms with Crippen molar-refractivity contribution in [1.82, 2.24) is 0 Å². The van der Waals surface area contributed by atoms with Crippen molar-refractivity contribution in [2.24, 2.45) is 0 Å². The zero-order chi connectivity index (χ0) is 36.3. The molecule has 0 bridgehead atoms. The number of nitrogens with zero attached hydrogens (tertiary/aromatic N) is 1. The van der Waals surface area contributed by atoms with Gasteiger partial charge in [-0.1, -0.05) is 164 Å². The summed E-state index contributed by atoms with van der Waals surface area (Å²) >= 11 is 3.77. The van der Waals surface area contributed by atoms with Gasteiger partial charge in [-0.15, -0.1) is 22.7 Å². The van der Waals surface area contributed by atoms with Crippen LogP contribution < -0.4 is 4.90 Å². The van der Waals surface area contributed by atoms with E-state index >= 15 is 0 Å².